The van der Waals surface area contributed by atoms with Crippen molar-refractivity contribution < 1.29 is 19.4 Å². The molecule has 1 saturated heterocycles. The fourth-order valence-corrected chi connectivity index (χ4v) is 3.97. The van der Waals surface area contributed by atoms with Gasteiger partial charge < -0.3 is 15.2 Å². The summed E-state index contributed by atoms with van der Waals surface area (Å²) >= 11 is 13.2. The van der Waals surface area contributed by atoms with Crippen molar-refractivity contribution >= 4 is 46.4 Å². The Labute approximate surface area is 142 Å². The van der Waals surface area contributed by atoms with Crippen LogP contribution in [0.3, 0.4) is 0 Å². The van der Waals surface area contributed by atoms with Gasteiger partial charge in [0.2, 0.25) is 5.91 Å². The summed E-state index contributed by atoms with van der Waals surface area (Å²) in [7, 11) is 0. The number of carbonyl (C=O) groups excluding carboxylic acids is 1. The summed E-state index contributed by atoms with van der Waals surface area (Å²) in [5.74, 6) is -1.27. The molecular formula is C14H17Cl2NO4S. The van der Waals surface area contributed by atoms with Crippen LogP contribution in [0, 0.1) is 0 Å². The second-order valence-electron chi connectivity index (χ2n) is 5.25. The minimum atomic E-state index is -1.20. The van der Waals surface area contributed by atoms with Crippen molar-refractivity contribution in [2.45, 2.75) is 37.6 Å². The van der Waals surface area contributed by atoms with Crippen molar-refractivity contribution in [2.75, 3.05) is 13.2 Å². The van der Waals surface area contributed by atoms with Crippen LogP contribution in [0.4, 0.5) is 0 Å². The first kappa shape index (κ1) is 17.5. The number of hydrogen-bond donors (Lipinski definition) is 2. The molecular weight excluding hydrogens is 349 g/mol. The molecule has 5 nitrogen and oxygen atoms in total. The number of halogens is 2. The van der Waals surface area contributed by atoms with Gasteiger partial charge in [-0.25, -0.2) is 4.79 Å². The summed E-state index contributed by atoms with van der Waals surface area (Å²) in [4.78, 5) is 23.5. The molecule has 0 aromatic carbocycles. The summed E-state index contributed by atoms with van der Waals surface area (Å²) in [5, 5.41) is 12.0. The predicted molar refractivity (Wildman–Crippen MR) is 85.8 cm³/mol. The zero-order chi connectivity index (χ0) is 16.2. The number of nitrogens with one attached hydrogen (secondary N) is 1. The third kappa shape index (κ3) is 4.35. The normalized spacial score (nSPS) is 17.2. The summed E-state index contributed by atoms with van der Waals surface area (Å²) in [5.41, 5.74) is -0.276. The Kier molecular flexibility index (Phi) is 6.09. The van der Waals surface area contributed by atoms with Gasteiger partial charge in [-0.15, -0.1) is 11.3 Å². The number of thiophene rings is 1. The molecule has 22 heavy (non-hydrogen) atoms. The monoisotopic (exact) mass is 365 g/mol. The number of hydrogen-bond acceptors (Lipinski definition) is 4. The van der Waals surface area contributed by atoms with Crippen molar-refractivity contribution in [3.8, 4) is 0 Å². The minimum absolute atomic E-state index is 0.250. The maximum absolute atomic E-state index is 12.0. The van der Waals surface area contributed by atoms with Gasteiger partial charge in [0, 0.05) is 32.5 Å². The first-order valence-electron chi connectivity index (χ1n) is 6.99. The molecule has 0 saturated carbocycles. The number of carboxylic acids is 1. The molecule has 0 spiro atoms. The van der Waals surface area contributed by atoms with Crippen LogP contribution in [0.25, 0.3) is 0 Å². The molecule has 1 fully saturated rings. The summed E-state index contributed by atoms with van der Waals surface area (Å²) in [6.45, 7) is 0.686. The van der Waals surface area contributed by atoms with E-state index in [1.54, 1.807) is 6.07 Å². The van der Waals surface area contributed by atoms with Crippen LogP contribution in [0.15, 0.2) is 6.07 Å². The summed E-state index contributed by atoms with van der Waals surface area (Å²) in [6.07, 6.45) is 2.06. The van der Waals surface area contributed by atoms with E-state index in [4.69, 9.17) is 27.9 Å². The smallest absolute Gasteiger partial charge is 0.329 e. The van der Waals surface area contributed by atoms with E-state index in [9.17, 15) is 14.7 Å². The van der Waals surface area contributed by atoms with Gasteiger partial charge in [0.05, 0.1) is 8.67 Å². The first-order chi connectivity index (χ1) is 10.4. The zero-order valence-corrected chi connectivity index (χ0v) is 14.2. The van der Waals surface area contributed by atoms with E-state index in [1.807, 2.05) is 0 Å². The van der Waals surface area contributed by atoms with E-state index >= 15 is 0 Å². The van der Waals surface area contributed by atoms with Crippen LogP contribution < -0.4 is 5.32 Å². The number of rotatable bonds is 6. The number of amides is 1. The first-order valence-corrected chi connectivity index (χ1v) is 8.56. The quantitative estimate of drug-likeness (QED) is 0.811. The highest BCUT2D eigenvalue weighted by atomic mass is 35.5. The SMILES string of the molecule is O=C(CCCc1cc(Cl)sc1Cl)NC1(C(=O)O)CCOCC1. The summed E-state index contributed by atoms with van der Waals surface area (Å²) in [6, 6.07) is 1.80. The number of aryl methyl sites for hydroxylation is 1. The third-order valence-corrected chi connectivity index (χ3v) is 5.28. The molecule has 2 rings (SSSR count). The van der Waals surface area contributed by atoms with E-state index in [0.29, 0.717) is 47.6 Å². The standard InChI is InChI=1S/C14H17Cl2NO4S/c15-10-8-9(12(16)22-10)2-1-3-11(18)17-14(13(19)20)4-6-21-7-5-14/h8H,1-7H2,(H,17,18)(H,19,20). The Hall–Kier alpha value is -0.820. The number of aliphatic carboxylic acids is 1. The van der Waals surface area contributed by atoms with Gasteiger partial charge in [-0.1, -0.05) is 23.2 Å². The van der Waals surface area contributed by atoms with Gasteiger partial charge >= 0.3 is 5.97 Å². The third-order valence-electron chi connectivity index (χ3n) is 3.71. The molecule has 2 N–H and O–H groups in total. The highest BCUT2D eigenvalue weighted by molar-refractivity contribution is 7.20. The van der Waals surface area contributed by atoms with Crippen LogP contribution in [0.2, 0.25) is 8.67 Å². The Morgan fingerprint density at radius 1 is 1.36 bits per heavy atom. The molecule has 122 valence electrons. The van der Waals surface area contributed by atoms with E-state index in [2.05, 4.69) is 5.32 Å². The van der Waals surface area contributed by atoms with E-state index in [1.165, 1.54) is 11.3 Å². The topological polar surface area (TPSA) is 75.6 Å². The molecule has 1 aliphatic rings. The lowest BCUT2D eigenvalue weighted by Gasteiger charge is -2.33. The number of carboxylic acid groups (broad SMARTS) is 1. The highest BCUT2D eigenvalue weighted by Gasteiger charge is 2.41. The van der Waals surface area contributed by atoms with Crippen LogP contribution >= 0.6 is 34.5 Å². The molecule has 1 aliphatic heterocycles. The van der Waals surface area contributed by atoms with Crippen molar-refractivity contribution in [2.24, 2.45) is 0 Å². The van der Waals surface area contributed by atoms with Crippen LogP contribution in [-0.2, 0) is 20.7 Å². The molecule has 2 heterocycles. The molecule has 0 atom stereocenters. The molecule has 1 amide bonds. The minimum Gasteiger partial charge on any atom is -0.480 e. The Morgan fingerprint density at radius 2 is 2.05 bits per heavy atom. The Bertz CT molecular complexity index is 555. The van der Waals surface area contributed by atoms with Crippen LogP contribution in [0.5, 0.6) is 0 Å². The fraction of sp³-hybridized carbons (Fsp3) is 0.571. The van der Waals surface area contributed by atoms with Crippen LogP contribution in [0.1, 0.15) is 31.2 Å². The van der Waals surface area contributed by atoms with Crippen molar-refractivity contribution in [3.05, 3.63) is 20.3 Å². The van der Waals surface area contributed by atoms with E-state index in [0.717, 1.165) is 5.56 Å². The van der Waals surface area contributed by atoms with Crippen molar-refractivity contribution in [3.63, 3.8) is 0 Å². The van der Waals surface area contributed by atoms with Crippen LogP contribution in [-0.4, -0.2) is 35.7 Å². The van der Waals surface area contributed by atoms with Gasteiger partial charge in [0.1, 0.15) is 5.54 Å². The molecule has 0 aliphatic carbocycles. The Morgan fingerprint density at radius 3 is 2.59 bits per heavy atom. The van der Waals surface area contributed by atoms with E-state index in [-0.39, 0.29) is 12.3 Å². The maximum Gasteiger partial charge on any atom is 0.329 e. The lowest BCUT2D eigenvalue weighted by atomic mass is 9.90. The number of ether oxygens (including phenoxy) is 1. The molecule has 1 aromatic rings. The number of carbonyl (C=O) groups is 2. The zero-order valence-electron chi connectivity index (χ0n) is 11.9. The molecule has 0 bridgehead atoms. The highest BCUT2D eigenvalue weighted by Crippen LogP contribution is 2.32. The van der Waals surface area contributed by atoms with Gasteiger partial charge in [-0.2, -0.15) is 0 Å². The largest absolute Gasteiger partial charge is 0.480 e. The van der Waals surface area contributed by atoms with Crippen molar-refractivity contribution in [1.29, 1.82) is 0 Å². The van der Waals surface area contributed by atoms with E-state index < -0.39 is 11.5 Å². The fourth-order valence-electron chi connectivity index (χ4n) is 2.43. The second kappa shape index (κ2) is 7.64. The molecule has 8 heteroatoms. The van der Waals surface area contributed by atoms with Gasteiger partial charge in [0.25, 0.3) is 0 Å². The molecule has 0 radical (unpaired) electrons. The van der Waals surface area contributed by atoms with Gasteiger partial charge in [-0.05, 0) is 24.5 Å². The lowest BCUT2D eigenvalue weighted by Crippen LogP contribution is -2.57. The molecule has 1 aromatic heterocycles. The Balaban J connectivity index is 1.84. The maximum atomic E-state index is 12.0. The van der Waals surface area contributed by atoms with Crippen molar-refractivity contribution in [1.82, 2.24) is 5.32 Å². The van der Waals surface area contributed by atoms with Gasteiger partial charge in [0.15, 0.2) is 0 Å². The average Bonchev–Trinajstić information content (AvgIpc) is 2.78. The summed E-state index contributed by atoms with van der Waals surface area (Å²) < 4.78 is 6.43. The average molecular weight is 366 g/mol. The van der Waals surface area contributed by atoms with Gasteiger partial charge in [-0.3, -0.25) is 4.79 Å². The second-order valence-corrected chi connectivity index (χ2v) is 7.54. The molecule has 0 unspecified atom stereocenters. The predicted octanol–water partition coefficient (Wildman–Crippen LogP) is 3.13. The lowest BCUT2D eigenvalue weighted by molar-refractivity contribution is -0.152.